The number of amides is 2. The highest BCUT2D eigenvalue weighted by atomic mass is 16.5. The minimum Gasteiger partial charge on any atom is -0.451 e. The normalized spacial score (nSPS) is 13.1. The molecule has 1 aliphatic carbocycles. The largest absolute Gasteiger partial charge is 0.451 e. The molecule has 8 nitrogen and oxygen atoms in total. The summed E-state index contributed by atoms with van der Waals surface area (Å²) in [6.07, 6.45) is 2.12. The van der Waals surface area contributed by atoms with Gasteiger partial charge in [0.05, 0.1) is 17.9 Å². The third kappa shape index (κ3) is 4.27. The van der Waals surface area contributed by atoms with Gasteiger partial charge in [-0.3, -0.25) is 9.59 Å². The Balaban J connectivity index is 1.68. The smallest absolute Gasteiger partial charge is 0.357 e. The second kappa shape index (κ2) is 7.81. The summed E-state index contributed by atoms with van der Waals surface area (Å²) in [7, 11) is 1.47. The molecule has 1 fully saturated rings. The fourth-order valence-electron chi connectivity index (χ4n) is 2.41. The summed E-state index contributed by atoms with van der Waals surface area (Å²) in [4.78, 5) is 35.2. The molecule has 0 aliphatic heterocycles. The molecule has 0 unspecified atom stereocenters. The first-order valence-corrected chi connectivity index (χ1v) is 8.38. The Morgan fingerprint density at radius 3 is 2.58 bits per heavy atom. The summed E-state index contributed by atoms with van der Waals surface area (Å²) in [5.74, 6) is -1.14. The molecular weight excluding hydrogens is 336 g/mol. The first-order valence-electron chi connectivity index (χ1n) is 8.38. The zero-order valence-electron chi connectivity index (χ0n) is 14.4. The van der Waals surface area contributed by atoms with Gasteiger partial charge in [-0.2, -0.15) is 5.10 Å². The summed E-state index contributed by atoms with van der Waals surface area (Å²) in [6.45, 7) is -0.630. The summed E-state index contributed by atoms with van der Waals surface area (Å²) < 4.78 is 6.63. The number of nitrogens with zero attached hydrogens (tertiary/aromatic N) is 2. The number of nitrogens with one attached hydrogen (secondary N) is 2. The van der Waals surface area contributed by atoms with Crippen LogP contribution < -0.4 is 10.6 Å². The van der Waals surface area contributed by atoms with Crippen molar-refractivity contribution in [3.05, 3.63) is 47.8 Å². The van der Waals surface area contributed by atoms with Crippen molar-refractivity contribution >= 4 is 17.8 Å². The van der Waals surface area contributed by atoms with Gasteiger partial charge in [-0.05, 0) is 31.0 Å². The van der Waals surface area contributed by atoms with Gasteiger partial charge in [0.1, 0.15) is 0 Å². The van der Waals surface area contributed by atoms with E-state index in [9.17, 15) is 14.4 Å². The molecule has 26 heavy (non-hydrogen) atoms. The number of likely N-dealkylation sites (N-methyl/N-ethyl adjacent to an activating group) is 1. The van der Waals surface area contributed by atoms with Crippen LogP contribution in [0.4, 0.5) is 0 Å². The van der Waals surface area contributed by atoms with E-state index >= 15 is 0 Å². The summed E-state index contributed by atoms with van der Waals surface area (Å²) >= 11 is 0. The van der Waals surface area contributed by atoms with E-state index in [-0.39, 0.29) is 18.1 Å². The van der Waals surface area contributed by atoms with Gasteiger partial charge < -0.3 is 15.4 Å². The molecule has 0 bridgehead atoms. The van der Waals surface area contributed by atoms with Crippen molar-refractivity contribution in [1.29, 1.82) is 0 Å². The predicted octanol–water partition coefficient (Wildman–Crippen LogP) is 0.769. The lowest BCUT2D eigenvalue weighted by atomic mass is 10.2. The predicted molar refractivity (Wildman–Crippen MR) is 92.9 cm³/mol. The van der Waals surface area contributed by atoms with E-state index in [1.54, 1.807) is 10.7 Å². The molecule has 1 aromatic heterocycles. The molecule has 1 saturated carbocycles. The highest BCUT2D eigenvalue weighted by molar-refractivity contribution is 5.91. The number of para-hydroxylation sites is 1. The Morgan fingerprint density at radius 1 is 1.19 bits per heavy atom. The Labute approximate surface area is 150 Å². The Bertz CT molecular complexity index is 812. The van der Waals surface area contributed by atoms with E-state index < -0.39 is 18.5 Å². The highest BCUT2D eigenvalue weighted by Gasteiger charge is 2.29. The topological polar surface area (TPSA) is 102 Å². The van der Waals surface area contributed by atoms with Crippen LogP contribution in [-0.4, -0.2) is 47.8 Å². The molecule has 0 atom stereocenters. The van der Waals surface area contributed by atoms with Gasteiger partial charge in [0, 0.05) is 13.0 Å². The van der Waals surface area contributed by atoms with Crippen molar-refractivity contribution in [2.75, 3.05) is 20.2 Å². The molecule has 2 aromatic rings. The maximum atomic E-state index is 12.5. The van der Waals surface area contributed by atoms with Gasteiger partial charge in [0.15, 0.2) is 12.3 Å². The lowest BCUT2D eigenvalue weighted by molar-refractivity contribution is -0.127. The number of hydrogen-bond donors (Lipinski definition) is 2. The fraction of sp³-hybridized carbons (Fsp3) is 0.333. The number of benzene rings is 1. The van der Waals surface area contributed by atoms with Crippen molar-refractivity contribution in [3.8, 4) is 5.69 Å². The van der Waals surface area contributed by atoms with Crippen molar-refractivity contribution < 1.29 is 19.1 Å². The quantitative estimate of drug-likeness (QED) is 0.714. The number of carbonyl (C=O) groups excluding carboxylic acids is 3. The first-order chi connectivity index (χ1) is 12.6. The van der Waals surface area contributed by atoms with Crippen LogP contribution in [0.3, 0.4) is 0 Å². The van der Waals surface area contributed by atoms with Crippen molar-refractivity contribution in [3.63, 3.8) is 0 Å². The third-order valence-corrected chi connectivity index (χ3v) is 3.99. The molecule has 0 spiro atoms. The number of esters is 1. The second-order valence-corrected chi connectivity index (χ2v) is 6.00. The number of rotatable bonds is 7. The van der Waals surface area contributed by atoms with Gasteiger partial charge in [-0.1, -0.05) is 18.2 Å². The maximum absolute atomic E-state index is 12.5. The lowest BCUT2D eigenvalue weighted by Crippen LogP contribution is -2.37. The number of aromatic nitrogens is 2. The van der Waals surface area contributed by atoms with Crippen LogP contribution in [0.5, 0.6) is 0 Å². The molecular formula is C18H20N4O4. The van der Waals surface area contributed by atoms with E-state index in [4.69, 9.17) is 4.74 Å². The lowest BCUT2D eigenvalue weighted by Gasteiger charge is -2.08. The molecule has 1 aliphatic rings. The standard InChI is InChI=1S/C18H20N4O4/c1-19-16(23)10-20-17(24)11-26-18(25)15-9-14(12-7-8-12)21-22(15)13-5-3-2-4-6-13/h2-6,9,12H,7-8,10-11H2,1H3,(H,19,23)(H,20,24). The van der Waals surface area contributed by atoms with E-state index in [2.05, 4.69) is 15.7 Å². The fourth-order valence-corrected chi connectivity index (χ4v) is 2.41. The average molecular weight is 356 g/mol. The van der Waals surface area contributed by atoms with Gasteiger partial charge >= 0.3 is 5.97 Å². The van der Waals surface area contributed by atoms with Crippen molar-refractivity contribution in [1.82, 2.24) is 20.4 Å². The average Bonchev–Trinajstić information content (AvgIpc) is 3.43. The van der Waals surface area contributed by atoms with Crippen LogP contribution in [0.15, 0.2) is 36.4 Å². The van der Waals surface area contributed by atoms with E-state index in [0.29, 0.717) is 5.92 Å². The van der Waals surface area contributed by atoms with Crippen LogP contribution in [-0.2, 0) is 14.3 Å². The SMILES string of the molecule is CNC(=O)CNC(=O)COC(=O)c1cc(C2CC2)nn1-c1ccccc1. The minimum atomic E-state index is -0.636. The van der Waals surface area contributed by atoms with Crippen LogP contribution in [0, 0.1) is 0 Å². The molecule has 1 heterocycles. The van der Waals surface area contributed by atoms with Crippen LogP contribution in [0.25, 0.3) is 5.69 Å². The van der Waals surface area contributed by atoms with Gasteiger partial charge in [-0.25, -0.2) is 9.48 Å². The zero-order valence-corrected chi connectivity index (χ0v) is 14.4. The third-order valence-electron chi connectivity index (χ3n) is 3.99. The molecule has 2 amide bonds. The molecule has 1 aromatic carbocycles. The van der Waals surface area contributed by atoms with Crippen LogP contribution in [0.1, 0.15) is 34.9 Å². The van der Waals surface area contributed by atoms with E-state index in [1.807, 2.05) is 30.3 Å². The highest BCUT2D eigenvalue weighted by Crippen LogP contribution is 2.39. The zero-order chi connectivity index (χ0) is 18.5. The molecule has 2 N–H and O–H groups in total. The molecule has 0 radical (unpaired) electrons. The maximum Gasteiger partial charge on any atom is 0.357 e. The monoisotopic (exact) mass is 356 g/mol. The van der Waals surface area contributed by atoms with Gasteiger partial charge in [0.25, 0.3) is 5.91 Å². The molecule has 0 saturated heterocycles. The second-order valence-electron chi connectivity index (χ2n) is 6.00. The Kier molecular flexibility index (Phi) is 5.31. The van der Waals surface area contributed by atoms with Gasteiger partial charge in [0.2, 0.25) is 5.91 Å². The molecule has 8 heteroatoms. The summed E-state index contributed by atoms with van der Waals surface area (Å²) in [5, 5.41) is 9.28. The van der Waals surface area contributed by atoms with E-state index in [0.717, 1.165) is 24.2 Å². The van der Waals surface area contributed by atoms with Crippen LogP contribution in [0.2, 0.25) is 0 Å². The summed E-state index contributed by atoms with van der Waals surface area (Å²) in [6, 6.07) is 11.0. The van der Waals surface area contributed by atoms with Crippen molar-refractivity contribution in [2.45, 2.75) is 18.8 Å². The Morgan fingerprint density at radius 2 is 1.92 bits per heavy atom. The number of carbonyl (C=O) groups is 3. The Hall–Kier alpha value is -3.16. The van der Waals surface area contributed by atoms with Gasteiger partial charge in [-0.15, -0.1) is 0 Å². The molecule has 136 valence electrons. The minimum absolute atomic E-state index is 0.166. The number of hydrogen-bond acceptors (Lipinski definition) is 5. The van der Waals surface area contributed by atoms with E-state index in [1.165, 1.54) is 7.05 Å². The molecule has 3 rings (SSSR count). The van der Waals surface area contributed by atoms with Crippen molar-refractivity contribution in [2.24, 2.45) is 0 Å². The summed E-state index contributed by atoms with van der Waals surface area (Å²) in [5.41, 5.74) is 1.87. The first kappa shape index (κ1) is 17.7. The van der Waals surface area contributed by atoms with Crippen LogP contribution >= 0.6 is 0 Å². The number of ether oxygens (including phenoxy) is 1.